The van der Waals surface area contributed by atoms with E-state index in [1.54, 1.807) is 0 Å². The normalized spacial score (nSPS) is 13.1. The quantitative estimate of drug-likeness (QED) is 0.155. The van der Waals surface area contributed by atoms with Crippen LogP contribution >= 0.6 is 0 Å². The highest BCUT2D eigenvalue weighted by Crippen LogP contribution is 2.42. The molecule has 0 fully saturated rings. The Morgan fingerprint density at radius 3 is 1.69 bits per heavy atom. The van der Waals surface area contributed by atoms with Crippen LogP contribution in [0.1, 0.15) is 0 Å². The van der Waals surface area contributed by atoms with E-state index in [0.717, 1.165) is 33.8 Å². The number of para-hydroxylation sites is 5. The largest absolute Gasteiger partial charge is 0.309 e. The fraction of sp³-hybridized carbons (Fsp3) is 0. The standard InChI is InChI=1S/C67H44N4Si/c1-4-19-49(20-5-1)70-60-29-15-11-25-54(60)56-37-32-48-42-50(36-38-53(48)67(56)70)69-59-28-14-12-26-55(59)57-43-46(33-39-61(57)69)47-34-40-63-65(44-47)72(51-21-6-2-7-22-51,52-23-8-3-9-24-52)64-31-17-16-30-62(64)71(63)66-41-35-45-18-10-13-27-58(45)68-66/h1-44H. The number of aromatic nitrogens is 3. The lowest BCUT2D eigenvalue weighted by Crippen LogP contribution is -2.77. The maximum Gasteiger partial charge on any atom is 0.184 e. The van der Waals surface area contributed by atoms with Crippen LogP contribution < -0.4 is 25.6 Å². The van der Waals surface area contributed by atoms with Crippen molar-refractivity contribution in [3.05, 3.63) is 267 Å². The van der Waals surface area contributed by atoms with Gasteiger partial charge < -0.3 is 9.13 Å². The summed E-state index contributed by atoms with van der Waals surface area (Å²) in [5, 5.41) is 13.9. The van der Waals surface area contributed by atoms with Gasteiger partial charge in [-0.2, -0.15) is 0 Å². The Morgan fingerprint density at radius 1 is 0.319 bits per heavy atom. The van der Waals surface area contributed by atoms with E-state index >= 15 is 0 Å². The fourth-order valence-corrected chi connectivity index (χ4v) is 17.4. The van der Waals surface area contributed by atoms with Crippen LogP contribution in [0.25, 0.3) is 87.8 Å². The molecule has 5 heteroatoms. The molecule has 11 aromatic carbocycles. The summed E-state index contributed by atoms with van der Waals surface area (Å²) >= 11 is 0. The van der Waals surface area contributed by atoms with Gasteiger partial charge >= 0.3 is 0 Å². The van der Waals surface area contributed by atoms with Crippen LogP contribution in [-0.4, -0.2) is 22.2 Å². The topological polar surface area (TPSA) is 26.0 Å². The van der Waals surface area contributed by atoms with Crippen molar-refractivity contribution in [2.24, 2.45) is 0 Å². The second kappa shape index (κ2) is 15.9. The number of nitrogens with zero attached hydrogens (tertiary/aromatic N) is 4. The van der Waals surface area contributed by atoms with Gasteiger partial charge in [-0.15, -0.1) is 0 Å². The highest BCUT2D eigenvalue weighted by Gasteiger charge is 2.49. The van der Waals surface area contributed by atoms with E-state index in [1.165, 1.54) is 91.9 Å². The lowest BCUT2D eigenvalue weighted by Gasteiger charge is -2.44. The van der Waals surface area contributed by atoms with Crippen molar-refractivity contribution in [1.29, 1.82) is 0 Å². The molecule has 1 aliphatic heterocycles. The second-order valence-electron chi connectivity index (χ2n) is 19.1. The Morgan fingerprint density at radius 2 is 0.903 bits per heavy atom. The molecule has 0 bridgehead atoms. The van der Waals surface area contributed by atoms with Gasteiger partial charge in [-0.3, -0.25) is 4.90 Å². The number of hydrogen-bond donors (Lipinski definition) is 0. The van der Waals surface area contributed by atoms with Crippen molar-refractivity contribution >= 4 is 111 Å². The van der Waals surface area contributed by atoms with E-state index in [9.17, 15) is 0 Å². The third-order valence-corrected chi connectivity index (χ3v) is 20.2. The molecular weight excluding hydrogens is 889 g/mol. The first-order chi connectivity index (χ1) is 35.7. The molecule has 4 heterocycles. The summed E-state index contributed by atoms with van der Waals surface area (Å²) in [5.74, 6) is 0.907. The first-order valence-electron chi connectivity index (χ1n) is 24.8. The maximum absolute atomic E-state index is 5.35. The molecule has 0 unspecified atom stereocenters. The predicted molar refractivity (Wildman–Crippen MR) is 305 cm³/mol. The Balaban J connectivity index is 0.934. The minimum Gasteiger partial charge on any atom is -0.309 e. The van der Waals surface area contributed by atoms with E-state index in [0.29, 0.717) is 0 Å². The molecule has 336 valence electrons. The van der Waals surface area contributed by atoms with E-state index in [1.807, 2.05) is 0 Å². The van der Waals surface area contributed by atoms with Crippen LogP contribution in [-0.2, 0) is 0 Å². The molecule has 0 spiro atoms. The van der Waals surface area contributed by atoms with Crippen molar-refractivity contribution in [2.45, 2.75) is 0 Å². The molecule has 0 N–H and O–H groups in total. The molecule has 0 saturated heterocycles. The SMILES string of the molecule is c1ccc(-n2c3ccccc3c3ccc4cc(-n5c6ccccc6c6cc(-c7ccc8c(c7)[Si](c7ccccc7)(c7ccccc7)c7ccccc7N8c7ccc8ccccc8n7)ccc65)ccc4c32)cc1. The van der Waals surface area contributed by atoms with E-state index in [4.69, 9.17) is 4.98 Å². The third-order valence-electron chi connectivity index (χ3n) is 15.3. The van der Waals surface area contributed by atoms with Gasteiger partial charge in [0.15, 0.2) is 8.07 Å². The molecule has 72 heavy (non-hydrogen) atoms. The van der Waals surface area contributed by atoms with Crippen molar-refractivity contribution < 1.29 is 0 Å². The van der Waals surface area contributed by atoms with Gasteiger partial charge in [-0.1, -0.05) is 188 Å². The number of fused-ring (bicyclic) bond motifs is 11. The van der Waals surface area contributed by atoms with E-state index in [-0.39, 0.29) is 0 Å². The van der Waals surface area contributed by atoms with Gasteiger partial charge in [0.05, 0.1) is 27.6 Å². The molecule has 14 aromatic rings. The molecule has 0 radical (unpaired) electrons. The predicted octanol–water partition coefficient (Wildman–Crippen LogP) is 14.4. The van der Waals surface area contributed by atoms with E-state index in [2.05, 4.69) is 281 Å². The molecule has 1 aliphatic rings. The van der Waals surface area contributed by atoms with Gasteiger partial charge in [-0.05, 0) is 116 Å². The highest BCUT2D eigenvalue weighted by molar-refractivity contribution is 7.21. The fourth-order valence-electron chi connectivity index (χ4n) is 12.3. The lowest BCUT2D eigenvalue weighted by atomic mass is 10.0. The van der Waals surface area contributed by atoms with Crippen LogP contribution in [0.3, 0.4) is 0 Å². The van der Waals surface area contributed by atoms with Crippen LogP contribution in [0.15, 0.2) is 267 Å². The van der Waals surface area contributed by atoms with Gasteiger partial charge in [0.25, 0.3) is 0 Å². The summed E-state index contributed by atoms with van der Waals surface area (Å²) in [6, 6.07) is 98.7. The summed E-state index contributed by atoms with van der Waals surface area (Å²) in [6.45, 7) is 0. The molecule has 0 saturated carbocycles. The maximum atomic E-state index is 5.35. The zero-order valence-electron chi connectivity index (χ0n) is 39.2. The molecule has 0 amide bonds. The third kappa shape index (κ3) is 5.89. The molecule has 0 atom stereocenters. The van der Waals surface area contributed by atoms with Crippen molar-refractivity contribution in [3.63, 3.8) is 0 Å². The number of benzene rings is 11. The Labute approximate surface area is 417 Å². The first kappa shape index (κ1) is 40.6. The van der Waals surface area contributed by atoms with Crippen molar-refractivity contribution in [2.75, 3.05) is 4.90 Å². The van der Waals surface area contributed by atoms with Crippen LogP contribution in [0, 0.1) is 0 Å². The molecular formula is C67H44N4Si. The zero-order valence-corrected chi connectivity index (χ0v) is 40.2. The summed E-state index contributed by atoms with van der Waals surface area (Å²) in [6.07, 6.45) is 0. The summed E-state index contributed by atoms with van der Waals surface area (Å²) in [5.41, 5.74) is 12.8. The van der Waals surface area contributed by atoms with Gasteiger partial charge in [0.2, 0.25) is 0 Å². The lowest BCUT2D eigenvalue weighted by molar-refractivity contribution is 1.18. The highest BCUT2D eigenvalue weighted by atomic mass is 28.3. The zero-order chi connectivity index (χ0) is 47.3. The molecule has 0 aliphatic carbocycles. The summed E-state index contributed by atoms with van der Waals surface area (Å²) in [4.78, 5) is 7.76. The molecule has 4 nitrogen and oxygen atoms in total. The van der Waals surface area contributed by atoms with Crippen molar-refractivity contribution in [3.8, 4) is 22.5 Å². The van der Waals surface area contributed by atoms with Crippen LogP contribution in [0.4, 0.5) is 17.2 Å². The number of pyridine rings is 1. The Hall–Kier alpha value is -9.29. The summed E-state index contributed by atoms with van der Waals surface area (Å²) in [7, 11) is -2.95. The first-order valence-corrected chi connectivity index (χ1v) is 26.8. The summed E-state index contributed by atoms with van der Waals surface area (Å²) < 4.78 is 4.88. The average molecular weight is 933 g/mol. The van der Waals surface area contributed by atoms with E-state index < -0.39 is 8.07 Å². The van der Waals surface area contributed by atoms with Gasteiger partial charge in [0, 0.05) is 55.1 Å². The number of hydrogen-bond acceptors (Lipinski definition) is 2. The molecule has 15 rings (SSSR count). The number of anilines is 3. The minimum absolute atomic E-state index is 0.907. The van der Waals surface area contributed by atoms with Crippen LogP contribution in [0.5, 0.6) is 0 Å². The van der Waals surface area contributed by atoms with Gasteiger partial charge in [0.1, 0.15) is 5.82 Å². The smallest absolute Gasteiger partial charge is 0.184 e. The van der Waals surface area contributed by atoms with Crippen LogP contribution in [0.2, 0.25) is 0 Å². The monoisotopic (exact) mass is 932 g/mol. The average Bonchev–Trinajstić information content (AvgIpc) is 3.98. The Kier molecular flexibility index (Phi) is 8.94. The van der Waals surface area contributed by atoms with Gasteiger partial charge in [-0.25, -0.2) is 4.98 Å². The minimum atomic E-state index is -2.95. The number of rotatable bonds is 6. The Bertz CT molecular complexity index is 4420. The second-order valence-corrected chi connectivity index (χ2v) is 22.8. The van der Waals surface area contributed by atoms with Crippen molar-refractivity contribution in [1.82, 2.24) is 14.1 Å². The molecule has 3 aromatic heterocycles.